The van der Waals surface area contributed by atoms with Gasteiger partial charge < -0.3 is 14.9 Å². The van der Waals surface area contributed by atoms with Gasteiger partial charge in [-0.25, -0.2) is 0 Å². The third-order valence-corrected chi connectivity index (χ3v) is 9.65. The molecule has 0 amide bonds. The Hall–Kier alpha value is -7.17. The molecule has 2 aromatic heterocycles. The molecule has 0 bridgehead atoms. The van der Waals surface area contributed by atoms with E-state index in [0.29, 0.717) is 23.2 Å². The SMILES string of the molecule is Cc1c(/C=C\CN)n(-c2ccccc2-c2cccc(-c3cccc(-n4c5ccc(C#N)cc5c5c(C#N)cccc54)c3)c2C#N)c2ccccc12. The lowest BCUT2D eigenvalue weighted by molar-refractivity contribution is 1.10. The van der Waals surface area contributed by atoms with Crippen LogP contribution in [0.25, 0.3) is 72.4 Å². The third-order valence-electron chi connectivity index (χ3n) is 9.65. The zero-order valence-electron chi connectivity index (χ0n) is 27.8. The van der Waals surface area contributed by atoms with E-state index in [1.165, 1.54) is 0 Å². The van der Waals surface area contributed by atoms with Crippen LogP contribution in [0.15, 0.2) is 133 Å². The maximum absolute atomic E-state index is 10.8. The maximum Gasteiger partial charge on any atom is 0.100 e. The standard InChI is InChI=1S/C45H30N6/c1-29-34-13-2-4-17-41(34)51(40(29)20-9-23-46)42-18-5-3-14-37(42)36-16-8-15-35(39(36)28-49)31-10-6-12-33(25-31)50-43-22-21-30(26-47)24-38(43)45-32(27-48)11-7-19-44(45)50/h2-22,24-25H,23,46H2,1H3/b20-9-. The van der Waals surface area contributed by atoms with Crippen molar-refractivity contribution in [2.75, 3.05) is 6.54 Å². The summed E-state index contributed by atoms with van der Waals surface area (Å²) in [6.07, 6.45) is 4.05. The molecule has 51 heavy (non-hydrogen) atoms. The first-order valence-corrected chi connectivity index (χ1v) is 16.7. The van der Waals surface area contributed by atoms with Crippen LogP contribution in [-0.4, -0.2) is 15.7 Å². The first-order chi connectivity index (χ1) is 25.1. The summed E-state index contributed by atoms with van der Waals surface area (Å²) in [4.78, 5) is 0. The van der Waals surface area contributed by atoms with Gasteiger partial charge in [0.1, 0.15) is 6.07 Å². The van der Waals surface area contributed by atoms with Gasteiger partial charge in [0.2, 0.25) is 0 Å². The number of fused-ring (bicyclic) bond motifs is 4. The smallest absolute Gasteiger partial charge is 0.100 e. The summed E-state index contributed by atoms with van der Waals surface area (Å²) in [6, 6.07) is 49.1. The van der Waals surface area contributed by atoms with E-state index in [9.17, 15) is 15.8 Å². The molecule has 0 aliphatic carbocycles. The topological polar surface area (TPSA) is 107 Å². The summed E-state index contributed by atoms with van der Waals surface area (Å²) >= 11 is 0. The van der Waals surface area contributed by atoms with Crippen molar-refractivity contribution in [3.63, 3.8) is 0 Å². The fourth-order valence-electron chi connectivity index (χ4n) is 7.42. The molecular weight excluding hydrogens is 625 g/mol. The predicted octanol–water partition coefficient (Wildman–Crippen LogP) is 9.96. The highest BCUT2D eigenvalue weighted by Gasteiger charge is 2.21. The largest absolute Gasteiger partial charge is 0.327 e. The molecule has 2 heterocycles. The van der Waals surface area contributed by atoms with Crippen molar-refractivity contribution in [1.29, 1.82) is 15.8 Å². The van der Waals surface area contributed by atoms with Gasteiger partial charge in [0.15, 0.2) is 0 Å². The Morgan fingerprint density at radius 1 is 0.627 bits per heavy atom. The molecule has 0 radical (unpaired) electrons. The van der Waals surface area contributed by atoms with Crippen LogP contribution >= 0.6 is 0 Å². The Morgan fingerprint density at radius 3 is 2.18 bits per heavy atom. The van der Waals surface area contributed by atoms with Gasteiger partial charge in [0.25, 0.3) is 0 Å². The number of para-hydroxylation sites is 2. The quantitative estimate of drug-likeness (QED) is 0.193. The van der Waals surface area contributed by atoms with Gasteiger partial charge in [-0.3, -0.25) is 0 Å². The van der Waals surface area contributed by atoms with Crippen LogP contribution < -0.4 is 5.73 Å². The molecular formula is C45H30N6. The van der Waals surface area contributed by atoms with Gasteiger partial charge >= 0.3 is 0 Å². The van der Waals surface area contributed by atoms with Crippen molar-refractivity contribution in [3.05, 3.63) is 161 Å². The van der Waals surface area contributed by atoms with Crippen LogP contribution in [0.5, 0.6) is 0 Å². The van der Waals surface area contributed by atoms with Crippen LogP contribution in [0.3, 0.4) is 0 Å². The van der Waals surface area contributed by atoms with Crippen molar-refractivity contribution in [2.45, 2.75) is 6.92 Å². The molecule has 8 aromatic rings. The van der Waals surface area contributed by atoms with E-state index in [4.69, 9.17) is 5.73 Å². The highest BCUT2D eigenvalue weighted by molar-refractivity contribution is 6.12. The van der Waals surface area contributed by atoms with E-state index >= 15 is 0 Å². The zero-order chi connectivity index (χ0) is 35.1. The summed E-state index contributed by atoms with van der Waals surface area (Å²) in [5, 5.41) is 33.3. The molecule has 0 saturated carbocycles. The lowest BCUT2D eigenvalue weighted by Crippen LogP contribution is -2.02. The minimum atomic E-state index is 0.428. The molecule has 6 nitrogen and oxygen atoms in total. The lowest BCUT2D eigenvalue weighted by Gasteiger charge is -2.17. The van der Waals surface area contributed by atoms with Gasteiger partial charge in [-0.1, -0.05) is 78.9 Å². The van der Waals surface area contributed by atoms with Crippen molar-refractivity contribution >= 4 is 38.8 Å². The molecule has 2 N–H and O–H groups in total. The molecule has 0 saturated heterocycles. The molecule has 0 unspecified atom stereocenters. The van der Waals surface area contributed by atoms with Crippen LogP contribution in [0.1, 0.15) is 27.9 Å². The minimum absolute atomic E-state index is 0.428. The summed E-state index contributed by atoms with van der Waals surface area (Å²) in [5.74, 6) is 0. The number of aromatic nitrogens is 2. The highest BCUT2D eigenvalue weighted by atomic mass is 15.0. The monoisotopic (exact) mass is 654 g/mol. The van der Waals surface area contributed by atoms with Crippen LogP contribution in [0.2, 0.25) is 0 Å². The Bertz CT molecular complexity index is 2840. The van der Waals surface area contributed by atoms with Gasteiger partial charge in [0.05, 0.1) is 51.1 Å². The van der Waals surface area contributed by atoms with Crippen LogP contribution in [0, 0.1) is 40.9 Å². The molecule has 0 atom stereocenters. The van der Waals surface area contributed by atoms with Gasteiger partial charge in [0, 0.05) is 50.8 Å². The van der Waals surface area contributed by atoms with E-state index in [0.717, 1.165) is 77.6 Å². The number of nitrogens with zero attached hydrogens (tertiary/aromatic N) is 5. The number of nitrogens with two attached hydrogens (primary N) is 1. The first kappa shape index (κ1) is 31.1. The second-order valence-corrected chi connectivity index (χ2v) is 12.4. The number of hydrogen-bond donors (Lipinski definition) is 1. The predicted molar refractivity (Wildman–Crippen MR) is 205 cm³/mol. The van der Waals surface area contributed by atoms with Crippen molar-refractivity contribution < 1.29 is 0 Å². The first-order valence-electron chi connectivity index (χ1n) is 16.7. The van der Waals surface area contributed by atoms with Crippen molar-refractivity contribution in [2.24, 2.45) is 5.73 Å². The van der Waals surface area contributed by atoms with E-state index < -0.39 is 0 Å². The zero-order valence-corrected chi connectivity index (χ0v) is 27.8. The fraction of sp³-hybridized carbons (Fsp3) is 0.0444. The molecule has 0 aliphatic rings. The molecule has 0 aliphatic heterocycles. The normalized spacial score (nSPS) is 11.3. The maximum atomic E-state index is 10.8. The summed E-state index contributed by atoms with van der Waals surface area (Å²) < 4.78 is 4.38. The Morgan fingerprint density at radius 2 is 1.35 bits per heavy atom. The van der Waals surface area contributed by atoms with Gasteiger partial charge in [-0.2, -0.15) is 15.8 Å². The Kier molecular flexibility index (Phi) is 7.75. The average Bonchev–Trinajstić information content (AvgIpc) is 3.67. The fourth-order valence-corrected chi connectivity index (χ4v) is 7.42. The molecule has 6 aromatic carbocycles. The van der Waals surface area contributed by atoms with E-state index in [-0.39, 0.29) is 0 Å². The molecule has 8 rings (SSSR count). The summed E-state index contributed by atoms with van der Waals surface area (Å²) in [7, 11) is 0. The van der Waals surface area contributed by atoms with Gasteiger partial charge in [-0.15, -0.1) is 0 Å². The molecule has 240 valence electrons. The Labute approximate surface area is 295 Å². The van der Waals surface area contributed by atoms with E-state index in [1.807, 2.05) is 84.9 Å². The average molecular weight is 655 g/mol. The number of nitriles is 3. The highest BCUT2D eigenvalue weighted by Crippen LogP contribution is 2.40. The summed E-state index contributed by atoms with van der Waals surface area (Å²) in [6.45, 7) is 2.56. The Balaban J connectivity index is 1.33. The van der Waals surface area contributed by atoms with Crippen molar-refractivity contribution in [1.82, 2.24) is 9.13 Å². The van der Waals surface area contributed by atoms with Gasteiger partial charge in [-0.05, 0) is 78.7 Å². The molecule has 0 fully saturated rings. The lowest BCUT2D eigenvalue weighted by atomic mass is 9.91. The number of aryl methyl sites for hydroxylation is 1. The number of hydrogen-bond acceptors (Lipinski definition) is 4. The second kappa shape index (κ2) is 12.7. The van der Waals surface area contributed by atoms with E-state index in [1.54, 1.807) is 12.1 Å². The molecule has 6 heteroatoms. The van der Waals surface area contributed by atoms with Crippen LogP contribution in [-0.2, 0) is 0 Å². The van der Waals surface area contributed by atoms with Crippen LogP contribution in [0.4, 0.5) is 0 Å². The number of benzene rings is 6. The van der Waals surface area contributed by atoms with Crippen molar-refractivity contribution in [3.8, 4) is 51.8 Å². The third kappa shape index (κ3) is 4.97. The second-order valence-electron chi connectivity index (χ2n) is 12.4. The number of rotatable bonds is 6. The van der Waals surface area contributed by atoms with E-state index in [2.05, 4.69) is 76.7 Å². The molecule has 0 spiro atoms. The minimum Gasteiger partial charge on any atom is -0.327 e. The summed E-state index contributed by atoms with van der Waals surface area (Å²) in [5.41, 5.74) is 17.9.